The molecule has 2 rings (SSSR count). The first-order chi connectivity index (χ1) is 5.71. The fourth-order valence-corrected chi connectivity index (χ4v) is 1.52. The minimum atomic E-state index is -0.707. The van der Waals surface area contributed by atoms with E-state index in [9.17, 15) is 5.11 Å². The molecule has 1 aromatic rings. The summed E-state index contributed by atoms with van der Waals surface area (Å²) in [7, 11) is 0. The molecule has 12 heavy (non-hydrogen) atoms. The molecule has 2 heteroatoms. The number of hydrogen-bond acceptors (Lipinski definition) is 2. The molecular weight excluding hydrogens is 150 g/mol. The lowest BCUT2D eigenvalue weighted by Crippen LogP contribution is -2.24. The Morgan fingerprint density at radius 3 is 2.75 bits per heavy atom. The first kappa shape index (κ1) is 7.74. The molecule has 1 heterocycles. The summed E-state index contributed by atoms with van der Waals surface area (Å²) in [6.07, 6.45) is 3.99. The molecule has 0 aliphatic heterocycles. The Kier molecular flexibility index (Phi) is 1.65. The van der Waals surface area contributed by atoms with Gasteiger partial charge in [-0.3, -0.25) is 4.98 Å². The van der Waals surface area contributed by atoms with Crippen molar-refractivity contribution in [2.75, 3.05) is 0 Å². The molecule has 0 amide bonds. The number of nitrogens with zero attached hydrogens (tertiary/aromatic N) is 1. The lowest BCUT2D eigenvalue weighted by molar-refractivity contribution is 0.0286. The van der Waals surface area contributed by atoms with Gasteiger partial charge in [-0.2, -0.15) is 0 Å². The van der Waals surface area contributed by atoms with Crippen LogP contribution in [0.4, 0.5) is 0 Å². The standard InChI is InChI=1S/C10H13NO/c1-10(12,8-5-6-8)9-4-2-3-7-11-9/h2-4,7-8,12H,5-6H2,1H3/t10-/m0/s1. The first-order valence-corrected chi connectivity index (χ1v) is 4.35. The SMILES string of the molecule is C[C@@](O)(c1ccccn1)C1CC1. The Morgan fingerprint density at radius 1 is 1.50 bits per heavy atom. The fourth-order valence-electron chi connectivity index (χ4n) is 1.52. The van der Waals surface area contributed by atoms with Crippen LogP contribution in [0.5, 0.6) is 0 Å². The highest BCUT2D eigenvalue weighted by atomic mass is 16.3. The van der Waals surface area contributed by atoms with Crippen LogP contribution in [0.3, 0.4) is 0 Å². The van der Waals surface area contributed by atoms with Gasteiger partial charge in [0.1, 0.15) is 5.60 Å². The van der Waals surface area contributed by atoms with Crippen LogP contribution in [0.15, 0.2) is 24.4 Å². The van der Waals surface area contributed by atoms with Crippen molar-refractivity contribution < 1.29 is 5.11 Å². The number of aliphatic hydroxyl groups is 1. The minimum absolute atomic E-state index is 0.424. The Labute approximate surface area is 72.3 Å². The second kappa shape index (κ2) is 2.56. The fraction of sp³-hybridized carbons (Fsp3) is 0.500. The lowest BCUT2D eigenvalue weighted by Gasteiger charge is -2.21. The quantitative estimate of drug-likeness (QED) is 0.719. The van der Waals surface area contributed by atoms with E-state index in [0.717, 1.165) is 18.5 Å². The maximum Gasteiger partial charge on any atom is 0.106 e. The molecule has 0 aromatic carbocycles. The van der Waals surface area contributed by atoms with Crippen molar-refractivity contribution in [3.8, 4) is 0 Å². The Balaban J connectivity index is 2.28. The predicted molar refractivity (Wildman–Crippen MR) is 46.5 cm³/mol. The third kappa shape index (κ3) is 1.23. The zero-order valence-electron chi connectivity index (χ0n) is 7.20. The number of aromatic nitrogens is 1. The van der Waals surface area contributed by atoms with Gasteiger partial charge in [-0.1, -0.05) is 6.07 Å². The van der Waals surface area contributed by atoms with Crippen molar-refractivity contribution in [3.63, 3.8) is 0 Å². The summed E-state index contributed by atoms with van der Waals surface area (Å²) in [5.41, 5.74) is 0.0915. The van der Waals surface area contributed by atoms with E-state index in [2.05, 4.69) is 4.98 Å². The Morgan fingerprint density at radius 2 is 2.25 bits per heavy atom. The van der Waals surface area contributed by atoms with E-state index in [4.69, 9.17) is 0 Å². The summed E-state index contributed by atoms with van der Waals surface area (Å²) in [5.74, 6) is 0.424. The highest BCUT2D eigenvalue weighted by Gasteiger charge is 2.41. The number of rotatable bonds is 2. The van der Waals surface area contributed by atoms with Crippen molar-refractivity contribution in [1.29, 1.82) is 0 Å². The van der Waals surface area contributed by atoms with Crippen LogP contribution in [-0.4, -0.2) is 10.1 Å². The third-order valence-corrected chi connectivity index (χ3v) is 2.56. The molecule has 1 aromatic heterocycles. The van der Waals surface area contributed by atoms with E-state index in [1.807, 2.05) is 25.1 Å². The van der Waals surface area contributed by atoms with Gasteiger partial charge in [0.2, 0.25) is 0 Å². The molecule has 0 spiro atoms. The maximum absolute atomic E-state index is 10.1. The van der Waals surface area contributed by atoms with Crippen molar-refractivity contribution in [2.24, 2.45) is 5.92 Å². The number of hydrogen-bond donors (Lipinski definition) is 1. The van der Waals surface area contributed by atoms with Gasteiger partial charge in [-0.05, 0) is 37.8 Å². The summed E-state index contributed by atoms with van der Waals surface area (Å²) in [6, 6.07) is 5.67. The van der Waals surface area contributed by atoms with E-state index >= 15 is 0 Å². The van der Waals surface area contributed by atoms with E-state index < -0.39 is 5.60 Å². The molecule has 2 nitrogen and oxygen atoms in total. The molecule has 1 saturated carbocycles. The summed E-state index contributed by atoms with van der Waals surface area (Å²) in [4.78, 5) is 4.16. The van der Waals surface area contributed by atoms with Crippen LogP contribution in [0.25, 0.3) is 0 Å². The van der Waals surface area contributed by atoms with Gasteiger partial charge < -0.3 is 5.11 Å². The molecule has 1 fully saturated rings. The molecule has 1 aliphatic rings. The van der Waals surface area contributed by atoms with Crippen molar-refractivity contribution in [3.05, 3.63) is 30.1 Å². The minimum Gasteiger partial charge on any atom is -0.384 e. The van der Waals surface area contributed by atoms with E-state index in [1.54, 1.807) is 6.20 Å². The summed E-state index contributed by atoms with van der Waals surface area (Å²) in [6.45, 7) is 1.85. The van der Waals surface area contributed by atoms with Crippen LogP contribution in [-0.2, 0) is 5.60 Å². The second-order valence-electron chi connectivity index (χ2n) is 3.64. The third-order valence-electron chi connectivity index (χ3n) is 2.56. The first-order valence-electron chi connectivity index (χ1n) is 4.35. The van der Waals surface area contributed by atoms with Gasteiger partial charge in [0.25, 0.3) is 0 Å². The van der Waals surface area contributed by atoms with Crippen LogP contribution in [0.1, 0.15) is 25.5 Å². The summed E-state index contributed by atoms with van der Waals surface area (Å²) < 4.78 is 0. The zero-order valence-corrected chi connectivity index (χ0v) is 7.20. The largest absolute Gasteiger partial charge is 0.384 e. The van der Waals surface area contributed by atoms with Gasteiger partial charge in [0.15, 0.2) is 0 Å². The lowest BCUT2D eigenvalue weighted by atomic mass is 9.96. The highest BCUT2D eigenvalue weighted by molar-refractivity contribution is 5.15. The van der Waals surface area contributed by atoms with E-state index in [-0.39, 0.29) is 0 Å². The van der Waals surface area contributed by atoms with E-state index in [0.29, 0.717) is 5.92 Å². The normalized spacial score (nSPS) is 21.8. The highest BCUT2D eigenvalue weighted by Crippen LogP contribution is 2.44. The number of pyridine rings is 1. The van der Waals surface area contributed by atoms with Gasteiger partial charge in [0, 0.05) is 6.20 Å². The van der Waals surface area contributed by atoms with Gasteiger partial charge in [-0.15, -0.1) is 0 Å². The molecule has 1 atom stereocenters. The monoisotopic (exact) mass is 163 g/mol. The maximum atomic E-state index is 10.1. The van der Waals surface area contributed by atoms with Crippen molar-refractivity contribution in [2.45, 2.75) is 25.4 Å². The molecular formula is C10H13NO. The molecule has 0 radical (unpaired) electrons. The van der Waals surface area contributed by atoms with Gasteiger partial charge in [-0.25, -0.2) is 0 Å². The molecule has 1 aliphatic carbocycles. The van der Waals surface area contributed by atoms with E-state index in [1.165, 1.54) is 0 Å². The molecule has 1 N–H and O–H groups in total. The topological polar surface area (TPSA) is 33.1 Å². The summed E-state index contributed by atoms with van der Waals surface area (Å²) >= 11 is 0. The second-order valence-corrected chi connectivity index (χ2v) is 3.64. The van der Waals surface area contributed by atoms with Crippen molar-refractivity contribution >= 4 is 0 Å². The van der Waals surface area contributed by atoms with Crippen LogP contribution < -0.4 is 0 Å². The average Bonchev–Trinajstić information content (AvgIpc) is 2.88. The molecule has 0 bridgehead atoms. The summed E-state index contributed by atoms with van der Waals surface area (Å²) in [5, 5.41) is 10.1. The Bertz CT molecular complexity index is 264. The average molecular weight is 163 g/mol. The van der Waals surface area contributed by atoms with Crippen molar-refractivity contribution in [1.82, 2.24) is 4.98 Å². The van der Waals surface area contributed by atoms with Crippen LogP contribution in [0.2, 0.25) is 0 Å². The molecule has 0 saturated heterocycles. The van der Waals surface area contributed by atoms with Crippen LogP contribution in [0, 0.1) is 5.92 Å². The smallest absolute Gasteiger partial charge is 0.106 e. The van der Waals surface area contributed by atoms with Crippen LogP contribution >= 0.6 is 0 Å². The zero-order chi connectivity index (χ0) is 8.60. The van der Waals surface area contributed by atoms with Gasteiger partial charge >= 0.3 is 0 Å². The van der Waals surface area contributed by atoms with Gasteiger partial charge in [0.05, 0.1) is 5.69 Å². The predicted octanol–water partition coefficient (Wildman–Crippen LogP) is 1.70. The molecule has 0 unspecified atom stereocenters. The molecule has 64 valence electrons. The Hall–Kier alpha value is -0.890.